The molecule has 102 valence electrons. The normalized spacial score (nSPS) is 22.4. The van der Waals surface area contributed by atoms with Gasteiger partial charge in [0.15, 0.2) is 0 Å². The SMILES string of the molecule is O=C(CCC1CCCC1)N[C@H]1CCc2ccccc21. The quantitative estimate of drug-likeness (QED) is 0.874. The Morgan fingerprint density at radius 3 is 2.79 bits per heavy atom. The molecular weight excluding hydrogens is 234 g/mol. The molecule has 2 aliphatic rings. The molecule has 2 nitrogen and oxygen atoms in total. The summed E-state index contributed by atoms with van der Waals surface area (Å²) in [4.78, 5) is 12.1. The number of benzene rings is 1. The molecular formula is C17H23NO. The minimum Gasteiger partial charge on any atom is -0.349 e. The number of nitrogens with one attached hydrogen (secondary N) is 1. The van der Waals surface area contributed by atoms with Crippen LogP contribution < -0.4 is 5.32 Å². The van der Waals surface area contributed by atoms with Crippen molar-refractivity contribution < 1.29 is 4.79 Å². The zero-order valence-corrected chi connectivity index (χ0v) is 11.5. The molecule has 0 bridgehead atoms. The maximum absolute atomic E-state index is 12.1. The molecule has 1 aromatic carbocycles. The molecule has 1 atom stereocenters. The van der Waals surface area contributed by atoms with Crippen LogP contribution in [0.15, 0.2) is 24.3 Å². The number of rotatable bonds is 4. The largest absolute Gasteiger partial charge is 0.349 e. The summed E-state index contributed by atoms with van der Waals surface area (Å²) in [7, 11) is 0. The van der Waals surface area contributed by atoms with Gasteiger partial charge in [-0.1, -0.05) is 49.9 Å². The average molecular weight is 257 g/mol. The van der Waals surface area contributed by atoms with E-state index in [1.165, 1.54) is 36.8 Å². The van der Waals surface area contributed by atoms with E-state index in [0.717, 1.165) is 25.2 Å². The van der Waals surface area contributed by atoms with Crippen molar-refractivity contribution in [3.05, 3.63) is 35.4 Å². The molecule has 1 N–H and O–H groups in total. The number of fused-ring (bicyclic) bond motifs is 1. The molecule has 1 amide bonds. The monoisotopic (exact) mass is 257 g/mol. The van der Waals surface area contributed by atoms with Gasteiger partial charge in [0.2, 0.25) is 5.91 Å². The van der Waals surface area contributed by atoms with Crippen LogP contribution in [0.1, 0.15) is 62.1 Å². The van der Waals surface area contributed by atoms with Gasteiger partial charge < -0.3 is 5.32 Å². The van der Waals surface area contributed by atoms with Crippen LogP contribution in [0, 0.1) is 5.92 Å². The lowest BCUT2D eigenvalue weighted by Crippen LogP contribution is -2.27. The second-order valence-electron chi connectivity index (χ2n) is 6.05. The molecule has 1 saturated carbocycles. The fourth-order valence-electron chi connectivity index (χ4n) is 3.61. The van der Waals surface area contributed by atoms with Gasteiger partial charge in [-0.25, -0.2) is 0 Å². The van der Waals surface area contributed by atoms with Gasteiger partial charge in [0.05, 0.1) is 6.04 Å². The predicted molar refractivity (Wildman–Crippen MR) is 76.8 cm³/mol. The highest BCUT2D eigenvalue weighted by Crippen LogP contribution is 2.31. The summed E-state index contributed by atoms with van der Waals surface area (Å²) < 4.78 is 0. The molecule has 0 spiro atoms. The second kappa shape index (κ2) is 5.77. The van der Waals surface area contributed by atoms with Crippen molar-refractivity contribution in [3.8, 4) is 0 Å². The molecule has 19 heavy (non-hydrogen) atoms. The van der Waals surface area contributed by atoms with Gasteiger partial charge in [-0.3, -0.25) is 4.79 Å². The molecule has 2 aliphatic carbocycles. The average Bonchev–Trinajstić information content (AvgIpc) is 3.07. The fourth-order valence-corrected chi connectivity index (χ4v) is 3.61. The highest BCUT2D eigenvalue weighted by Gasteiger charge is 2.23. The van der Waals surface area contributed by atoms with Crippen molar-refractivity contribution in [3.63, 3.8) is 0 Å². The van der Waals surface area contributed by atoms with Crippen LogP contribution in [0.2, 0.25) is 0 Å². The summed E-state index contributed by atoms with van der Waals surface area (Å²) in [5.41, 5.74) is 2.74. The minimum absolute atomic E-state index is 0.244. The Morgan fingerprint density at radius 1 is 1.16 bits per heavy atom. The van der Waals surface area contributed by atoms with E-state index in [2.05, 4.69) is 29.6 Å². The van der Waals surface area contributed by atoms with E-state index in [1.54, 1.807) is 0 Å². The first-order valence-electron chi connectivity index (χ1n) is 7.70. The lowest BCUT2D eigenvalue weighted by atomic mass is 10.0. The molecule has 0 radical (unpaired) electrons. The maximum Gasteiger partial charge on any atom is 0.220 e. The van der Waals surface area contributed by atoms with E-state index in [9.17, 15) is 4.79 Å². The van der Waals surface area contributed by atoms with E-state index in [4.69, 9.17) is 0 Å². The summed E-state index contributed by atoms with van der Waals surface area (Å²) in [5, 5.41) is 3.22. The van der Waals surface area contributed by atoms with Crippen molar-refractivity contribution in [1.29, 1.82) is 0 Å². The smallest absolute Gasteiger partial charge is 0.220 e. The number of hydrogen-bond acceptors (Lipinski definition) is 1. The number of carbonyl (C=O) groups excluding carboxylic acids is 1. The third-order valence-electron chi connectivity index (χ3n) is 4.72. The van der Waals surface area contributed by atoms with Crippen LogP contribution in [0.5, 0.6) is 0 Å². The Labute approximate surface area is 115 Å². The van der Waals surface area contributed by atoms with Crippen molar-refractivity contribution in [1.82, 2.24) is 5.32 Å². The van der Waals surface area contributed by atoms with Crippen LogP contribution in [0.3, 0.4) is 0 Å². The maximum atomic E-state index is 12.1. The highest BCUT2D eigenvalue weighted by atomic mass is 16.1. The summed E-state index contributed by atoms with van der Waals surface area (Å²) in [5.74, 6) is 1.05. The Morgan fingerprint density at radius 2 is 1.95 bits per heavy atom. The first-order valence-corrected chi connectivity index (χ1v) is 7.70. The van der Waals surface area contributed by atoms with Gasteiger partial charge in [-0.2, -0.15) is 0 Å². The Balaban J connectivity index is 1.50. The topological polar surface area (TPSA) is 29.1 Å². The Bertz CT molecular complexity index is 448. The molecule has 1 fully saturated rings. The van der Waals surface area contributed by atoms with E-state index < -0.39 is 0 Å². The molecule has 0 aliphatic heterocycles. The number of hydrogen-bond donors (Lipinski definition) is 1. The van der Waals surface area contributed by atoms with Crippen molar-refractivity contribution in [2.75, 3.05) is 0 Å². The fraction of sp³-hybridized carbons (Fsp3) is 0.588. The Hall–Kier alpha value is -1.31. The third kappa shape index (κ3) is 2.99. The third-order valence-corrected chi connectivity index (χ3v) is 4.72. The molecule has 2 heteroatoms. The van der Waals surface area contributed by atoms with Gasteiger partial charge in [-0.15, -0.1) is 0 Å². The molecule has 0 saturated heterocycles. The Kier molecular flexibility index (Phi) is 3.86. The summed E-state index contributed by atoms with van der Waals surface area (Å²) in [6.45, 7) is 0. The summed E-state index contributed by atoms with van der Waals surface area (Å²) >= 11 is 0. The van der Waals surface area contributed by atoms with Gasteiger partial charge >= 0.3 is 0 Å². The van der Waals surface area contributed by atoms with Crippen LogP contribution in [-0.2, 0) is 11.2 Å². The van der Waals surface area contributed by atoms with Crippen molar-refractivity contribution in [2.24, 2.45) is 5.92 Å². The van der Waals surface area contributed by atoms with Gasteiger partial charge in [0, 0.05) is 6.42 Å². The van der Waals surface area contributed by atoms with Crippen LogP contribution >= 0.6 is 0 Å². The first-order chi connectivity index (χ1) is 9.33. The second-order valence-corrected chi connectivity index (χ2v) is 6.05. The van der Waals surface area contributed by atoms with Gasteiger partial charge in [-0.05, 0) is 36.3 Å². The summed E-state index contributed by atoms with van der Waals surface area (Å²) in [6, 6.07) is 8.75. The van der Waals surface area contributed by atoms with Crippen molar-refractivity contribution in [2.45, 2.75) is 57.4 Å². The molecule has 3 rings (SSSR count). The zero-order valence-electron chi connectivity index (χ0n) is 11.5. The van der Waals surface area contributed by atoms with Crippen molar-refractivity contribution >= 4 is 5.91 Å². The predicted octanol–water partition coefficient (Wildman–Crippen LogP) is 3.76. The summed E-state index contributed by atoms with van der Waals surface area (Å²) in [6.07, 6.45) is 9.35. The number of amides is 1. The first kappa shape index (κ1) is 12.7. The van der Waals surface area contributed by atoms with Crippen LogP contribution in [0.4, 0.5) is 0 Å². The number of aryl methyl sites for hydroxylation is 1. The van der Waals surface area contributed by atoms with E-state index in [-0.39, 0.29) is 11.9 Å². The van der Waals surface area contributed by atoms with E-state index in [0.29, 0.717) is 6.42 Å². The standard InChI is InChI=1S/C17H23NO/c19-17(12-9-13-5-1-2-6-13)18-16-11-10-14-7-3-4-8-15(14)16/h3-4,7-8,13,16H,1-2,5-6,9-12H2,(H,18,19)/t16-/m0/s1. The lowest BCUT2D eigenvalue weighted by molar-refractivity contribution is -0.122. The van der Waals surface area contributed by atoms with E-state index in [1.807, 2.05) is 0 Å². The molecule has 0 heterocycles. The van der Waals surface area contributed by atoms with Gasteiger partial charge in [0.1, 0.15) is 0 Å². The lowest BCUT2D eigenvalue weighted by Gasteiger charge is -2.15. The van der Waals surface area contributed by atoms with Gasteiger partial charge in [0.25, 0.3) is 0 Å². The molecule has 1 aromatic rings. The molecule has 0 unspecified atom stereocenters. The molecule has 0 aromatic heterocycles. The van der Waals surface area contributed by atoms with Crippen LogP contribution in [-0.4, -0.2) is 5.91 Å². The zero-order chi connectivity index (χ0) is 13.1. The number of carbonyl (C=O) groups is 1. The van der Waals surface area contributed by atoms with E-state index >= 15 is 0 Å². The minimum atomic E-state index is 0.244. The van der Waals surface area contributed by atoms with Crippen LogP contribution in [0.25, 0.3) is 0 Å². The highest BCUT2D eigenvalue weighted by molar-refractivity contribution is 5.76.